The van der Waals surface area contributed by atoms with Gasteiger partial charge in [-0.05, 0) is 51.1 Å². The van der Waals surface area contributed by atoms with E-state index in [-0.39, 0.29) is 0 Å². The average molecular weight is 256 g/mol. The number of hydrogen-bond donors (Lipinski definition) is 1. The van der Waals surface area contributed by atoms with Crippen molar-refractivity contribution in [3.05, 3.63) is 0 Å². The molecule has 0 radical (unpaired) electrons. The maximum Gasteiger partial charge on any atom is 0.00644 e. The van der Waals surface area contributed by atoms with Crippen LogP contribution in [0.2, 0.25) is 0 Å². The van der Waals surface area contributed by atoms with Crippen molar-refractivity contribution < 1.29 is 0 Å². The van der Waals surface area contributed by atoms with E-state index in [1.54, 1.807) is 0 Å². The van der Waals surface area contributed by atoms with Crippen LogP contribution in [0.4, 0.5) is 0 Å². The molecule has 0 bridgehead atoms. The van der Waals surface area contributed by atoms with E-state index in [0.29, 0.717) is 11.5 Å². The van der Waals surface area contributed by atoms with Crippen LogP contribution in [0.5, 0.6) is 0 Å². The normalized spacial score (nSPS) is 14.2. The lowest BCUT2D eigenvalue weighted by molar-refractivity contribution is 0.107. The Kier molecular flexibility index (Phi) is 9.76. The van der Waals surface area contributed by atoms with Gasteiger partial charge in [-0.2, -0.15) is 0 Å². The van der Waals surface area contributed by atoms with E-state index in [9.17, 15) is 0 Å². The van der Waals surface area contributed by atoms with Gasteiger partial charge in [0, 0.05) is 19.1 Å². The van der Waals surface area contributed by atoms with Crippen molar-refractivity contribution in [2.24, 2.45) is 5.41 Å². The quantitative estimate of drug-likeness (QED) is 0.564. The van der Waals surface area contributed by atoms with Crippen LogP contribution in [0.3, 0.4) is 0 Å². The van der Waals surface area contributed by atoms with Crippen LogP contribution in [0.1, 0.15) is 67.2 Å². The van der Waals surface area contributed by atoms with E-state index in [0.717, 1.165) is 6.54 Å². The van der Waals surface area contributed by atoms with Gasteiger partial charge in [-0.3, -0.25) is 0 Å². The Labute approximate surface area is 116 Å². The number of rotatable bonds is 11. The molecule has 0 amide bonds. The Morgan fingerprint density at radius 1 is 1.06 bits per heavy atom. The SMILES string of the molecule is CCCNCC(CC)(CC)CN(CC)C(C)CC. The summed E-state index contributed by atoms with van der Waals surface area (Å²) in [7, 11) is 0. The second-order valence-electron chi connectivity index (χ2n) is 5.70. The zero-order valence-electron chi connectivity index (χ0n) is 13.7. The Hall–Kier alpha value is -0.0800. The maximum absolute atomic E-state index is 3.64. The molecule has 0 aromatic heterocycles. The minimum Gasteiger partial charge on any atom is -0.316 e. The van der Waals surface area contributed by atoms with E-state index < -0.39 is 0 Å². The minimum absolute atomic E-state index is 0.453. The standard InChI is InChI=1S/C16H36N2/c1-7-12-17-13-16(9-3,10-4)14-18(11-5)15(6)8-2/h15,17H,7-14H2,1-6H3. The monoisotopic (exact) mass is 256 g/mol. The second kappa shape index (κ2) is 9.80. The van der Waals surface area contributed by atoms with Gasteiger partial charge in [0.1, 0.15) is 0 Å². The van der Waals surface area contributed by atoms with Crippen LogP contribution >= 0.6 is 0 Å². The first kappa shape index (κ1) is 17.9. The summed E-state index contributed by atoms with van der Waals surface area (Å²) in [5.41, 5.74) is 0.453. The van der Waals surface area contributed by atoms with Gasteiger partial charge in [0.25, 0.3) is 0 Å². The topological polar surface area (TPSA) is 15.3 Å². The van der Waals surface area contributed by atoms with E-state index in [1.165, 1.54) is 45.3 Å². The molecule has 0 heterocycles. The predicted octanol–water partition coefficient (Wildman–Crippen LogP) is 3.91. The van der Waals surface area contributed by atoms with Crippen molar-refractivity contribution in [1.29, 1.82) is 0 Å². The largest absolute Gasteiger partial charge is 0.316 e. The van der Waals surface area contributed by atoms with Gasteiger partial charge in [-0.25, -0.2) is 0 Å². The van der Waals surface area contributed by atoms with Crippen molar-refractivity contribution in [2.75, 3.05) is 26.2 Å². The fourth-order valence-electron chi connectivity index (χ4n) is 2.58. The predicted molar refractivity (Wildman–Crippen MR) is 83.2 cm³/mol. The molecule has 18 heavy (non-hydrogen) atoms. The maximum atomic E-state index is 3.64. The molecule has 110 valence electrons. The van der Waals surface area contributed by atoms with E-state index in [1.807, 2.05) is 0 Å². The van der Waals surface area contributed by atoms with Crippen molar-refractivity contribution in [3.8, 4) is 0 Å². The van der Waals surface area contributed by atoms with E-state index in [4.69, 9.17) is 0 Å². The van der Waals surface area contributed by atoms with Crippen molar-refractivity contribution in [1.82, 2.24) is 10.2 Å². The summed E-state index contributed by atoms with van der Waals surface area (Å²) < 4.78 is 0. The number of nitrogens with one attached hydrogen (secondary N) is 1. The smallest absolute Gasteiger partial charge is 0.00644 e. The molecule has 0 aromatic rings. The highest BCUT2D eigenvalue weighted by Crippen LogP contribution is 2.28. The molecule has 0 aromatic carbocycles. The summed E-state index contributed by atoms with van der Waals surface area (Å²) in [6, 6.07) is 0.707. The molecule has 0 fully saturated rings. The third-order valence-electron chi connectivity index (χ3n) is 4.59. The van der Waals surface area contributed by atoms with E-state index in [2.05, 4.69) is 51.8 Å². The molecule has 0 rings (SSSR count). The van der Waals surface area contributed by atoms with Crippen LogP contribution in [0, 0.1) is 5.41 Å². The molecule has 0 aliphatic rings. The Morgan fingerprint density at radius 3 is 2.06 bits per heavy atom. The Morgan fingerprint density at radius 2 is 1.67 bits per heavy atom. The fraction of sp³-hybridized carbons (Fsp3) is 1.00. The molecule has 0 aliphatic heterocycles. The van der Waals surface area contributed by atoms with Crippen LogP contribution in [-0.4, -0.2) is 37.1 Å². The molecule has 0 spiro atoms. The van der Waals surface area contributed by atoms with Gasteiger partial charge < -0.3 is 10.2 Å². The third-order valence-corrected chi connectivity index (χ3v) is 4.59. The Bertz CT molecular complexity index is 188. The molecule has 2 nitrogen and oxygen atoms in total. The summed E-state index contributed by atoms with van der Waals surface area (Å²) in [4.78, 5) is 2.65. The average Bonchev–Trinajstić information content (AvgIpc) is 2.42. The van der Waals surface area contributed by atoms with Gasteiger partial charge >= 0.3 is 0 Å². The van der Waals surface area contributed by atoms with Crippen molar-refractivity contribution in [2.45, 2.75) is 73.3 Å². The number of hydrogen-bond acceptors (Lipinski definition) is 2. The van der Waals surface area contributed by atoms with Gasteiger partial charge in [0.2, 0.25) is 0 Å². The molecule has 1 N–H and O–H groups in total. The first-order valence-electron chi connectivity index (χ1n) is 8.03. The van der Waals surface area contributed by atoms with Gasteiger partial charge in [-0.15, -0.1) is 0 Å². The number of nitrogens with zero attached hydrogens (tertiary/aromatic N) is 1. The summed E-state index contributed by atoms with van der Waals surface area (Å²) in [5, 5.41) is 3.64. The summed E-state index contributed by atoms with van der Waals surface area (Å²) in [6.07, 6.45) is 5.02. The first-order valence-corrected chi connectivity index (χ1v) is 8.03. The molecule has 0 saturated heterocycles. The van der Waals surface area contributed by atoms with Gasteiger partial charge in [0.05, 0.1) is 0 Å². The van der Waals surface area contributed by atoms with Crippen LogP contribution in [0.25, 0.3) is 0 Å². The highest BCUT2D eigenvalue weighted by molar-refractivity contribution is 4.84. The zero-order chi connectivity index (χ0) is 14.0. The van der Waals surface area contributed by atoms with Crippen molar-refractivity contribution >= 4 is 0 Å². The molecular formula is C16H36N2. The van der Waals surface area contributed by atoms with Crippen molar-refractivity contribution in [3.63, 3.8) is 0 Å². The van der Waals surface area contributed by atoms with Crippen LogP contribution < -0.4 is 5.32 Å². The molecule has 2 heteroatoms. The highest BCUT2D eigenvalue weighted by Gasteiger charge is 2.29. The summed E-state index contributed by atoms with van der Waals surface area (Å²) >= 11 is 0. The lowest BCUT2D eigenvalue weighted by Gasteiger charge is -2.39. The lowest BCUT2D eigenvalue weighted by Crippen LogP contribution is -2.46. The molecule has 1 unspecified atom stereocenters. The molecular weight excluding hydrogens is 220 g/mol. The summed E-state index contributed by atoms with van der Waals surface area (Å²) in [6.45, 7) is 18.6. The first-order chi connectivity index (χ1) is 8.59. The molecule has 0 aliphatic carbocycles. The highest BCUT2D eigenvalue weighted by atomic mass is 15.2. The minimum atomic E-state index is 0.453. The third kappa shape index (κ3) is 5.71. The van der Waals surface area contributed by atoms with Crippen LogP contribution in [0.15, 0.2) is 0 Å². The molecule has 0 saturated carbocycles. The van der Waals surface area contributed by atoms with Gasteiger partial charge in [-0.1, -0.05) is 34.6 Å². The fourth-order valence-corrected chi connectivity index (χ4v) is 2.58. The molecule has 1 atom stereocenters. The van der Waals surface area contributed by atoms with Crippen LogP contribution in [-0.2, 0) is 0 Å². The van der Waals surface area contributed by atoms with E-state index >= 15 is 0 Å². The zero-order valence-corrected chi connectivity index (χ0v) is 13.7. The van der Waals surface area contributed by atoms with Gasteiger partial charge in [0.15, 0.2) is 0 Å². The second-order valence-corrected chi connectivity index (χ2v) is 5.70. The summed E-state index contributed by atoms with van der Waals surface area (Å²) in [5.74, 6) is 0. The Balaban J connectivity index is 4.55. The lowest BCUT2D eigenvalue weighted by atomic mass is 9.81.